The smallest absolute Gasteiger partial charge is 0.324 e. The lowest BCUT2D eigenvalue weighted by molar-refractivity contribution is -0.149. The van der Waals surface area contributed by atoms with Gasteiger partial charge in [-0.05, 0) is 49.6 Å². The van der Waals surface area contributed by atoms with Gasteiger partial charge in [0.2, 0.25) is 10.0 Å². The molecule has 3 aliphatic rings. The summed E-state index contributed by atoms with van der Waals surface area (Å²) in [5.74, 6) is -3.06. The summed E-state index contributed by atoms with van der Waals surface area (Å²) < 4.78 is 41.4. The maximum atomic E-state index is 14.7. The molecule has 9 nitrogen and oxygen atoms in total. The number of aryl methyl sites for hydroxylation is 1. The molecule has 3 aromatic rings. The number of ether oxygens (including phenoxy) is 2. The zero-order valence-electron chi connectivity index (χ0n) is 24.6. The summed E-state index contributed by atoms with van der Waals surface area (Å²) >= 11 is 0. The second-order valence-electron chi connectivity index (χ2n) is 11.5. The number of methoxy groups -OCH3 is 2. The Bertz CT molecular complexity index is 1570. The van der Waals surface area contributed by atoms with E-state index >= 15 is 0 Å². The summed E-state index contributed by atoms with van der Waals surface area (Å²) in [6.45, 7) is 3.36. The highest BCUT2D eigenvalue weighted by molar-refractivity contribution is 7.89. The summed E-state index contributed by atoms with van der Waals surface area (Å²) in [5, 5.41) is 0. The number of sulfonamides is 1. The molecule has 0 aliphatic carbocycles. The molecule has 6 rings (SSSR count). The van der Waals surface area contributed by atoms with Gasteiger partial charge >= 0.3 is 11.9 Å². The third kappa shape index (κ3) is 5.01. The second kappa shape index (κ2) is 11.7. The van der Waals surface area contributed by atoms with Gasteiger partial charge in [0, 0.05) is 30.7 Å². The molecular weight excluding hydrogens is 566 g/mol. The average Bonchev–Trinajstić information content (AvgIpc) is 3.73. The predicted molar refractivity (Wildman–Crippen MR) is 161 cm³/mol. The number of carbonyl (C=O) groups is 2. The third-order valence-corrected chi connectivity index (χ3v) is 11.1. The van der Waals surface area contributed by atoms with Crippen LogP contribution in [0.5, 0.6) is 0 Å². The van der Waals surface area contributed by atoms with Crippen molar-refractivity contribution in [1.29, 1.82) is 0 Å². The Balaban J connectivity index is 1.61. The maximum Gasteiger partial charge on any atom is 0.324 e. The monoisotopic (exact) mass is 603 g/mol. The first-order valence-electron chi connectivity index (χ1n) is 14.7. The van der Waals surface area contributed by atoms with E-state index in [1.807, 2.05) is 55.5 Å². The fourth-order valence-electron chi connectivity index (χ4n) is 7.42. The normalized spacial score (nSPS) is 27.7. The summed E-state index contributed by atoms with van der Waals surface area (Å²) in [5.41, 5.74) is 2.46. The van der Waals surface area contributed by atoms with Crippen molar-refractivity contribution in [3.8, 4) is 0 Å². The number of anilines is 1. The quantitative estimate of drug-likeness (QED) is 0.374. The number of hydrogen-bond acceptors (Lipinski definition) is 8. The van der Waals surface area contributed by atoms with Crippen molar-refractivity contribution in [2.24, 2.45) is 11.8 Å². The van der Waals surface area contributed by atoms with Crippen LogP contribution in [-0.4, -0.2) is 75.1 Å². The first kappa shape index (κ1) is 29.3. The van der Waals surface area contributed by atoms with Crippen LogP contribution in [0.15, 0.2) is 89.8 Å². The zero-order chi connectivity index (χ0) is 30.3. The van der Waals surface area contributed by atoms with Crippen molar-refractivity contribution in [2.45, 2.75) is 49.0 Å². The molecule has 3 aliphatic heterocycles. The van der Waals surface area contributed by atoms with Crippen molar-refractivity contribution in [3.63, 3.8) is 0 Å². The average molecular weight is 604 g/mol. The molecule has 3 fully saturated rings. The fourth-order valence-corrected chi connectivity index (χ4v) is 9.22. The van der Waals surface area contributed by atoms with E-state index in [9.17, 15) is 18.0 Å². The van der Waals surface area contributed by atoms with Gasteiger partial charge < -0.3 is 14.4 Å². The van der Waals surface area contributed by atoms with E-state index < -0.39 is 52.0 Å². The van der Waals surface area contributed by atoms with Gasteiger partial charge in [-0.2, -0.15) is 4.31 Å². The van der Waals surface area contributed by atoms with Crippen LogP contribution >= 0.6 is 0 Å². The summed E-state index contributed by atoms with van der Waals surface area (Å²) in [4.78, 5) is 32.6. The summed E-state index contributed by atoms with van der Waals surface area (Å²) in [6, 6.07) is 23.4. The Kier molecular flexibility index (Phi) is 8.02. The van der Waals surface area contributed by atoms with E-state index in [1.165, 1.54) is 18.5 Å². The van der Waals surface area contributed by atoms with Gasteiger partial charge in [-0.25, -0.2) is 8.42 Å². The number of fused-ring (bicyclic) bond motifs is 1. The van der Waals surface area contributed by atoms with Crippen molar-refractivity contribution < 1.29 is 27.5 Å². The molecule has 3 aromatic carbocycles. The molecule has 43 heavy (non-hydrogen) atoms. The van der Waals surface area contributed by atoms with Crippen molar-refractivity contribution in [3.05, 3.63) is 96.1 Å². The van der Waals surface area contributed by atoms with Gasteiger partial charge in [0.05, 0.1) is 37.2 Å². The van der Waals surface area contributed by atoms with Crippen LogP contribution in [0.2, 0.25) is 0 Å². The molecule has 6 atom stereocenters. The Morgan fingerprint density at radius 3 is 2.09 bits per heavy atom. The predicted octanol–water partition coefficient (Wildman–Crippen LogP) is 4.00. The Labute approximate surface area is 253 Å². The number of benzene rings is 3. The lowest BCUT2D eigenvalue weighted by Crippen LogP contribution is -2.54. The van der Waals surface area contributed by atoms with E-state index in [2.05, 4.69) is 9.80 Å². The number of nitrogens with zero attached hydrogens (tertiary/aromatic N) is 3. The van der Waals surface area contributed by atoms with Gasteiger partial charge in [0.15, 0.2) is 0 Å². The lowest BCUT2D eigenvalue weighted by Gasteiger charge is -2.39. The van der Waals surface area contributed by atoms with Crippen molar-refractivity contribution in [2.75, 3.05) is 32.2 Å². The van der Waals surface area contributed by atoms with Gasteiger partial charge in [-0.15, -0.1) is 0 Å². The third-order valence-electron chi connectivity index (χ3n) is 9.24. The standard InChI is InChI=1S/C33H37N3O6S/c1-22-16-18-26(19-17-22)43(39,40)36-29(23-11-6-4-7-12-23)28(32(37)41-2)27(30(36)33(38)42-3)31-34-20-10-15-25(34)21-35(31)24-13-8-5-9-14-24/h4-9,11-14,16-19,25,27-31H,10,15,20-21H2,1-3H3/t25-,27+,28+,29+,30+,31+/m0/s1. The number of carbonyl (C=O) groups excluding carboxylic acids is 2. The molecular formula is C33H37N3O6S. The molecule has 10 heteroatoms. The van der Waals surface area contributed by atoms with E-state index in [0.717, 1.165) is 30.6 Å². The fraction of sp³-hybridized carbons (Fsp3) is 0.394. The second-order valence-corrected chi connectivity index (χ2v) is 13.4. The van der Waals surface area contributed by atoms with Gasteiger partial charge in [-0.1, -0.05) is 66.2 Å². The molecule has 0 saturated carbocycles. The zero-order valence-corrected chi connectivity index (χ0v) is 25.4. The van der Waals surface area contributed by atoms with Gasteiger partial charge in [-0.3, -0.25) is 14.5 Å². The topological polar surface area (TPSA) is 96.5 Å². The van der Waals surface area contributed by atoms with Crippen LogP contribution in [0.25, 0.3) is 0 Å². The molecule has 0 amide bonds. The molecule has 3 heterocycles. The van der Waals surface area contributed by atoms with E-state index in [-0.39, 0.29) is 10.9 Å². The molecule has 0 spiro atoms. The SMILES string of the molecule is COC(=O)[C@@H]1[C@@H]([C@H]2N(c3ccccc3)C[C@@H]3CCCN32)[C@H](C(=O)OC)N(S(=O)(=O)c2ccc(C)cc2)[C@@H]1c1ccccc1. The highest BCUT2D eigenvalue weighted by Gasteiger charge is 2.65. The van der Waals surface area contributed by atoms with Crippen LogP contribution in [0, 0.1) is 18.8 Å². The number of esters is 2. The van der Waals surface area contributed by atoms with E-state index in [1.54, 1.807) is 36.4 Å². The minimum absolute atomic E-state index is 0.0441. The maximum absolute atomic E-state index is 14.7. The minimum atomic E-state index is -4.31. The molecule has 226 valence electrons. The van der Waals surface area contributed by atoms with Gasteiger partial charge in [0.25, 0.3) is 0 Å². The molecule has 0 bridgehead atoms. The molecule has 3 saturated heterocycles. The molecule has 0 N–H and O–H groups in total. The van der Waals surface area contributed by atoms with Crippen LogP contribution < -0.4 is 4.90 Å². The van der Waals surface area contributed by atoms with Crippen molar-refractivity contribution in [1.82, 2.24) is 9.21 Å². The molecule has 0 unspecified atom stereocenters. The lowest BCUT2D eigenvalue weighted by atomic mass is 9.81. The van der Waals surface area contributed by atoms with E-state index in [4.69, 9.17) is 9.47 Å². The molecule has 0 radical (unpaired) electrons. The van der Waals surface area contributed by atoms with Crippen molar-refractivity contribution >= 4 is 27.6 Å². The van der Waals surface area contributed by atoms with Crippen LogP contribution in [0.4, 0.5) is 5.69 Å². The van der Waals surface area contributed by atoms with E-state index in [0.29, 0.717) is 12.1 Å². The highest BCUT2D eigenvalue weighted by atomic mass is 32.2. The number of para-hydroxylation sites is 1. The first-order chi connectivity index (χ1) is 20.8. The molecule has 0 aromatic heterocycles. The Hall–Kier alpha value is -3.73. The summed E-state index contributed by atoms with van der Waals surface area (Å²) in [7, 11) is -1.73. The first-order valence-corrected chi connectivity index (χ1v) is 16.1. The minimum Gasteiger partial charge on any atom is -0.469 e. The van der Waals surface area contributed by atoms with Crippen LogP contribution in [-0.2, 0) is 29.1 Å². The van der Waals surface area contributed by atoms with Crippen LogP contribution in [0.1, 0.15) is 30.0 Å². The number of rotatable bonds is 7. The Morgan fingerprint density at radius 2 is 1.47 bits per heavy atom. The Morgan fingerprint density at radius 1 is 0.837 bits per heavy atom. The summed E-state index contributed by atoms with van der Waals surface area (Å²) in [6.07, 6.45) is 1.51. The number of hydrogen-bond donors (Lipinski definition) is 0. The van der Waals surface area contributed by atoms with Crippen LogP contribution in [0.3, 0.4) is 0 Å². The highest BCUT2D eigenvalue weighted by Crippen LogP contribution is 2.53. The largest absolute Gasteiger partial charge is 0.469 e. The van der Waals surface area contributed by atoms with Gasteiger partial charge in [0.1, 0.15) is 6.04 Å².